The van der Waals surface area contributed by atoms with Gasteiger partial charge in [0.05, 0.1) is 5.69 Å². The Morgan fingerprint density at radius 3 is 2.63 bits per heavy atom. The maximum atomic E-state index is 13.7. The number of hydrogen-bond donors (Lipinski definition) is 1. The van der Waals surface area contributed by atoms with E-state index in [0.29, 0.717) is 0 Å². The van der Waals surface area contributed by atoms with Crippen LogP contribution in [0.25, 0.3) is 0 Å². The summed E-state index contributed by atoms with van der Waals surface area (Å²) in [5.41, 5.74) is 2.72. The van der Waals surface area contributed by atoms with Gasteiger partial charge in [-0.05, 0) is 19.1 Å². The van der Waals surface area contributed by atoms with Gasteiger partial charge in [0.25, 0.3) is 0 Å². The number of urea groups is 1. The molecule has 9 heteroatoms. The summed E-state index contributed by atoms with van der Waals surface area (Å²) in [6.07, 6.45) is -0.562. The molecule has 2 amide bonds. The van der Waals surface area contributed by atoms with Crippen molar-refractivity contribution in [1.82, 2.24) is 9.84 Å². The summed E-state index contributed by atoms with van der Waals surface area (Å²) in [4.78, 5) is 13.2. The van der Waals surface area contributed by atoms with Crippen molar-refractivity contribution >= 4 is 46.9 Å². The van der Waals surface area contributed by atoms with Crippen molar-refractivity contribution in [2.24, 2.45) is 0 Å². The first-order valence-corrected chi connectivity index (χ1v) is 6.72. The Labute approximate surface area is 122 Å². The van der Waals surface area contributed by atoms with Gasteiger partial charge in [-0.15, -0.1) is 0 Å². The number of para-hydroxylation sites is 1. The van der Waals surface area contributed by atoms with E-state index in [4.69, 9.17) is 23.2 Å². The lowest BCUT2D eigenvalue weighted by molar-refractivity contribution is 0.235. The fourth-order valence-electron chi connectivity index (χ4n) is 1.67. The molecule has 1 unspecified atom stereocenters. The van der Waals surface area contributed by atoms with Crippen LogP contribution < -0.4 is 10.3 Å². The second-order valence-electron chi connectivity index (χ2n) is 3.74. The number of hydrazine groups is 1. The van der Waals surface area contributed by atoms with Gasteiger partial charge in [0.1, 0.15) is 12.0 Å². The molecule has 0 aromatic heterocycles. The highest BCUT2D eigenvalue weighted by Crippen LogP contribution is 2.40. The average Bonchev–Trinajstić information content (AvgIpc) is 2.53. The smallest absolute Gasteiger partial charge is 0.272 e. The number of nitrogens with one attached hydrogen (secondary N) is 1. The lowest BCUT2D eigenvalue weighted by Crippen LogP contribution is -2.34. The average molecular weight is 328 g/mol. The van der Waals surface area contributed by atoms with E-state index >= 15 is 0 Å². The topological polar surface area (TPSA) is 35.6 Å². The van der Waals surface area contributed by atoms with Crippen LogP contribution in [0.3, 0.4) is 0 Å². The van der Waals surface area contributed by atoms with Crippen molar-refractivity contribution < 1.29 is 13.6 Å². The van der Waals surface area contributed by atoms with Crippen molar-refractivity contribution in [1.29, 1.82) is 0 Å². The van der Waals surface area contributed by atoms with Crippen LogP contribution in [0.15, 0.2) is 24.3 Å². The number of carbonyl (C=O) groups is 1. The number of amides is 2. The Morgan fingerprint density at radius 2 is 2.05 bits per heavy atom. The van der Waals surface area contributed by atoms with Crippen molar-refractivity contribution in [3.63, 3.8) is 0 Å². The van der Waals surface area contributed by atoms with E-state index < -0.39 is 21.9 Å². The zero-order valence-electron chi connectivity index (χ0n) is 9.61. The molecule has 1 N–H and O–H groups in total. The fourth-order valence-corrected chi connectivity index (χ4v) is 2.67. The lowest BCUT2D eigenvalue weighted by Gasteiger charge is -2.19. The zero-order chi connectivity index (χ0) is 14.2. The number of benzene rings is 1. The third-order valence-corrected chi connectivity index (χ3v) is 3.44. The monoisotopic (exact) mass is 327 g/mol. The van der Waals surface area contributed by atoms with Crippen LogP contribution in [0, 0.1) is 5.82 Å². The summed E-state index contributed by atoms with van der Waals surface area (Å²) in [6, 6.07) is 5.12. The highest BCUT2D eigenvalue weighted by atomic mass is 35.5. The summed E-state index contributed by atoms with van der Waals surface area (Å²) in [5, 5.41) is 0. The number of halogens is 4. The number of rotatable bonds is 3. The minimum atomic E-state index is -2.66. The Bertz CT molecular complexity index is 500. The molecule has 0 spiro atoms. The van der Waals surface area contributed by atoms with Crippen LogP contribution in [0.5, 0.6) is 0 Å². The summed E-state index contributed by atoms with van der Waals surface area (Å²) in [7, 11) is 0. The van der Waals surface area contributed by atoms with Crippen LogP contribution in [-0.2, 0) is 0 Å². The third-order valence-electron chi connectivity index (χ3n) is 2.38. The van der Waals surface area contributed by atoms with Crippen LogP contribution >= 0.6 is 35.1 Å². The van der Waals surface area contributed by atoms with E-state index in [2.05, 4.69) is 5.43 Å². The molecule has 0 aliphatic carbocycles. The molecule has 0 saturated carbocycles. The van der Waals surface area contributed by atoms with E-state index in [0.717, 1.165) is 9.31 Å². The summed E-state index contributed by atoms with van der Waals surface area (Å²) in [6.45, 7) is 1.62. The molecule has 1 saturated heterocycles. The molecule has 4 nitrogen and oxygen atoms in total. The highest BCUT2D eigenvalue weighted by Gasteiger charge is 2.41. The second-order valence-corrected chi connectivity index (χ2v) is 6.53. The maximum Gasteiger partial charge on any atom is 0.351 e. The molecule has 1 fully saturated rings. The minimum absolute atomic E-state index is 0.0872. The third kappa shape index (κ3) is 3.22. The lowest BCUT2D eigenvalue weighted by atomic mass is 10.2. The predicted octanol–water partition coefficient (Wildman–Crippen LogP) is 3.62. The molecular weight excluding hydrogens is 319 g/mol. The van der Waals surface area contributed by atoms with Gasteiger partial charge in [0.15, 0.2) is 0 Å². The number of anilines is 1. The van der Waals surface area contributed by atoms with Crippen molar-refractivity contribution in [2.75, 3.05) is 4.90 Å². The molecule has 104 valence electrons. The van der Waals surface area contributed by atoms with Crippen LogP contribution in [0.2, 0.25) is 0 Å². The molecule has 1 aliphatic rings. The largest absolute Gasteiger partial charge is 0.351 e. The van der Waals surface area contributed by atoms with Gasteiger partial charge < -0.3 is 0 Å². The van der Waals surface area contributed by atoms with Gasteiger partial charge in [0.2, 0.25) is 0 Å². The van der Waals surface area contributed by atoms with E-state index in [1.807, 2.05) is 0 Å². The van der Waals surface area contributed by atoms with Gasteiger partial charge in [-0.25, -0.2) is 9.18 Å². The van der Waals surface area contributed by atoms with Crippen molar-refractivity contribution in [2.45, 2.75) is 17.0 Å². The number of alkyl halides is 3. The predicted molar refractivity (Wildman–Crippen MR) is 71.8 cm³/mol. The van der Waals surface area contributed by atoms with E-state index in [1.54, 1.807) is 13.0 Å². The maximum absolute atomic E-state index is 13.7. The molecule has 2 rings (SSSR count). The summed E-state index contributed by atoms with van der Waals surface area (Å²) in [5.74, 6) is -0.556. The Hall–Kier alpha value is -0.760. The SMILES string of the molecule is CC1NN(SC(F)(Cl)Cl)C(=O)N1c1ccccc1F. The second kappa shape index (κ2) is 5.32. The molecule has 1 aromatic carbocycles. The normalized spacial score (nSPS) is 20.3. The molecule has 1 aliphatic heterocycles. The highest BCUT2D eigenvalue weighted by molar-refractivity contribution is 8.01. The van der Waals surface area contributed by atoms with Crippen molar-refractivity contribution in [3.05, 3.63) is 30.1 Å². The number of hydrogen-bond acceptors (Lipinski definition) is 3. The van der Waals surface area contributed by atoms with E-state index in [-0.39, 0.29) is 17.6 Å². The minimum Gasteiger partial charge on any atom is -0.272 e. The molecule has 1 atom stereocenters. The number of carbonyl (C=O) groups excluding carboxylic acids is 1. The van der Waals surface area contributed by atoms with Gasteiger partial charge in [0, 0.05) is 11.9 Å². The van der Waals surface area contributed by atoms with Crippen LogP contribution in [-0.4, -0.2) is 20.5 Å². The molecule has 0 radical (unpaired) electrons. The van der Waals surface area contributed by atoms with E-state index in [1.165, 1.54) is 18.2 Å². The van der Waals surface area contributed by atoms with E-state index in [9.17, 15) is 13.6 Å². The zero-order valence-corrected chi connectivity index (χ0v) is 11.9. The summed E-state index contributed by atoms with van der Waals surface area (Å²) < 4.78 is 25.0. The molecule has 1 heterocycles. The number of nitrogens with zero attached hydrogens (tertiary/aromatic N) is 2. The quantitative estimate of drug-likeness (QED) is 0.680. The van der Waals surface area contributed by atoms with Gasteiger partial charge in [-0.1, -0.05) is 35.3 Å². The van der Waals surface area contributed by atoms with Crippen molar-refractivity contribution in [3.8, 4) is 0 Å². The Kier molecular flexibility index (Phi) is 4.10. The molecule has 1 aromatic rings. The van der Waals surface area contributed by atoms with Gasteiger partial charge in [-0.2, -0.15) is 14.2 Å². The van der Waals surface area contributed by atoms with Crippen LogP contribution in [0.4, 0.5) is 19.3 Å². The fraction of sp³-hybridized carbons (Fsp3) is 0.300. The molecule has 0 bridgehead atoms. The summed E-state index contributed by atoms with van der Waals surface area (Å²) >= 11 is 10.6. The first-order valence-electron chi connectivity index (χ1n) is 5.19. The Balaban J connectivity index is 2.24. The van der Waals surface area contributed by atoms with Gasteiger partial charge >= 0.3 is 9.95 Å². The Morgan fingerprint density at radius 1 is 1.42 bits per heavy atom. The first-order chi connectivity index (χ1) is 8.79. The molecule has 19 heavy (non-hydrogen) atoms. The van der Waals surface area contributed by atoms with Crippen LogP contribution in [0.1, 0.15) is 6.92 Å². The molecular formula is C10H9Cl2F2N3OS. The standard InChI is InChI=1S/C10H9Cl2F2N3OS/c1-6-15-17(19-10(11,12)14)9(18)16(6)8-5-3-2-4-7(8)13/h2-6,15H,1H3. The van der Waals surface area contributed by atoms with Gasteiger partial charge in [-0.3, -0.25) is 4.90 Å². The first kappa shape index (κ1) is 14.6.